The van der Waals surface area contributed by atoms with Crippen molar-refractivity contribution in [2.24, 2.45) is 13.0 Å². The van der Waals surface area contributed by atoms with Crippen LogP contribution in [0.25, 0.3) is 0 Å². The summed E-state index contributed by atoms with van der Waals surface area (Å²) in [5, 5.41) is 20.0. The minimum Gasteiger partial charge on any atom is -0.504 e. The van der Waals surface area contributed by atoms with E-state index in [-0.39, 0.29) is 17.4 Å². The van der Waals surface area contributed by atoms with Gasteiger partial charge in [-0.15, -0.1) is 0 Å². The second-order valence-corrected chi connectivity index (χ2v) is 5.22. The molecule has 4 heteroatoms. The lowest BCUT2D eigenvalue weighted by atomic mass is 9.82. The first kappa shape index (κ1) is 13.1. The van der Waals surface area contributed by atoms with Gasteiger partial charge in [0.1, 0.15) is 7.05 Å². The number of aromatic nitrogens is 1. The van der Waals surface area contributed by atoms with Crippen LogP contribution in [-0.2, 0) is 11.8 Å². The molecule has 0 aromatic carbocycles. The first-order valence-electron chi connectivity index (χ1n) is 6.51. The molecule has 0 saturated carbocycles. The smallest absolute Gasteiger partial charge is 0.226 e. The Hall–Kier alpha value is -1.29. The van der Waals surface area contributed by atoms with E-state index in [1.807, 2.05) is 17.8 Å². The Morgan fingerprint density at radius 3 is 2.50 bits per heavy atom. The minimum atomic E-state index is -0.00564. The fraction of sp³-hybridized carbons (Fsp3) is 0.643. The molecule has 4 nitrogen and oxygen atoms in total. The van der Waals surface area contributed by atoms with Crippen LogP contribution in [0.4, 0.5) is 0 Å². The van der Waals surface area contributed by atoms with E-state index in [2.05, 4.69) is 6.92 Å². The molecule has 100 valence electrons. The van der Waals surface area contributed by atoms with Crippen LogP contribution in [0.15, 0.2) is 6.20 Å². The highest BCUT2D eigenvalue weighted by Gasteiger charge is 2.28. The van der Waals surface area contributed by atoms with E-state index in [9.17, 15) is 10.2 Å². The second-order valence-electron chi connectivity index (χ2n) is 5.22. The van der Waals surface area contributed by atoms with Gasteiger partial charge >= 0.3 is 0 Å². The van der Waals surface area contributed by atoms with E-state index in [4.69, 9.17) is 4.74 Å². The lowest BCUT2D eigenvalue weighted by Crippen LogP contribution is -2.33. The van der Waals surface area contributed by atoms with Crippen LogP contribution in [0, 0.1) is 12.8 Å². The highest BCUT2D eigenvalue weighted by molar-refractivity contribution is 5.45. The number of rotatable bonds is 2. The predicted octanol–water partition coefficient (Wildman–Crippen LogP) is 1.76. The highest BCUT2D eigenvalue weighted by Crippen LogP contribution is 2.39. The summed E-state index contributed by atoms with van der Waals surface area (Å²) in [4.78, 5) is 0. The van der Waals surface area contributed by atoms with Gasteiger partial charge in [-0.25, -0.2) is 4.57 Å². The Balaban J connectivity index is 2.32. The predicted molar refractivity (Wildman–Crippen MR) is 67.6 cm³/mol. The van der Waals surface area contributed by atoms with Crippen molar-refractivity contribution in [3.05, 3.63) is 17.5 Å². The summed E-state index contributed by atoms with van der Waals surface area (Å²) in [5.74, 6) is 0.761. The standard InChI is InChI=1S/C14H21NO3/c1-9(11-4-6-18-7-5-11)12-8-15(3)10(2)13(16)14(12)17/h8-9,11,16H,4-7H2,1-3H3/p+1. The maximum absolute atomic E-state index is 10.1. The second kappa shape index (κ2) is 5.14. The topological polar surface area (TPSA) is 53.6 Å². The lowest BCUT2D eigenvalue weighted by Gasteiger charge is -2.27. The molecule has 1 aromatic rings. The van der Waals surface area contributed by atoms with Crippen molar-refractivity contribution in [3.8, 4) is 11.5 Å². The van der Waals surface area contributed by atoms with Crippen LogP contribution in [0.2, 0.25) is 0 Å². The van der Waals surface area contributed by atoms with E-state index in [0.29, 0.717) is 11.6 Å². The maximum Gasteiger partial charge on any atom is 0.226 e. The zero-order valence-electron chi connectivity index (χ0n) is 11.3. The minimum absolute atomic E-state index is 0.00564. The Morgan fingerprint density at radius 2 is 1.89 bits per heavy atom. The maximum atomic E-state index is 10.1. The van der Waals surface area contributed by atoms with Gasteiger partial charge in [0.25, 0.3) is 0 Å². The van der Waals surface area contributed by atoms with Crippen LogP contribution in [0.5, 0.6) is 11.5 Å². The normalized spacial score (nSPS) is 18.8. The van der Waals surface area contributed by atoms with Gasteiger partial charge in [-0.05, 0) is 24.7 Å². The average Bonchev–Trinajstić information content (AvgIpc) is 2.41. The molecular formula is C14H22NO3+. The molecule has 0 radical (unpaired) electrons. The molecule has 1 fully saturated rings. The van der Waals surface area contributed by atoms with E-state index < -0.39 is 0 Å². The Bertz CT molecular complexity index is 439. The molecule has 1 atom stereocenters. The molecule has 2 N–H and O–H groups in total. The van der Waals surface area contributed by atoms with Crippen molar-refractivity contribution in [1.82, 2.24) is 0 Å². The molecule has 1 saturated heterocycles. The van der Waals surface area contributed by atoms with Crippen molar-refractivity contribution in [2.45, 2.75) is 32.6 Å². The summed E-state index contributed by atoms with van der Waals surface area (Å²) in [6.07, 6.45) is 3.95. The molecular weight excluding hydrogens is 230 g/mol. The first-order valence-corrected chi connectivity index (χ1v) is 6.51. The third-order valence-electron chi connectivity index (χ3n) is 4.17. The molecule has 18 heavy (non-hydrogen) atoms. The van der Waals surface area contributed by atoms with Gasteiger partial charge in [0, 0.05) is 20.1 Å². The number of hydrogen-bond acceptors (Lipinski definition) is 3. The van der Waals surface area contributed by atoms with Crippen LogP contribution in [0.3, 0.4) is 0 Å². The first-order chi connectivity index (χ1) is 8.52. The van der Waals surface area contributed by atoms with Crippen LogP contribution in [-0.4, -0.2) is 23.4 Å². The number of aryl methyl sites for hydroxylation is 1. The summed E-state index contributed by atoms with van der Waals surface area (Å²) >= 11 is 0. The molecule has 1 aliphatic heterocycles. The van der Waals surface area contributed by atoms with E-state index in [1.54, 1.807) is 6.92 Å². The summed E-state index contributed by atoms with van der Waals surface area (Å²) in [6, 6.07) is 0. The zero-order chi connectivity index (χ0) is 13.3. The number of hydrogen-bond donors (Lipinski definition) is 2. The highest BCUT2D eigenvalue weighted by atomic mass is 16.5. The van der Waals surface area contributed by atoms with Gasteiger partial charge < -0.3 is 14.9 Å². The Labute approximate surface area is 108 Å². The zero-order valence-corrected chi connectivity index (χ0v) is 11.3. The SMILES string of the molecule is Cc1c(O)c(O)c(C(C)C2CCOCC2)c[n+]1C. The van der Waals surface area contributed by atoms with E-state index in [1.165, 1.54) is 0 Å². The summed E-state index contributed by atoms with van der Waals surface area (Å²) in [7, 11) is 1.88. The molecule has 2 heterocycles. The van der Waals surface area contributed by atoms with Gasteiger partial charge in [0.2, 0.25) is 11.4 Å². The molecule has 2 rings (SSSR count). The van der Waals surface area contributed by atoms with E-state index in [0.717, 1.165) is 31.6 Å². The third-order valence-corrected chi connectivity index (χ3v) is 4.17. The largest absolute Gasteiger partial charge is 0.504 e. The van der Waals surface area contributed by atoms with Gasteiger partial charge in [-0.1, -0.05) is 6.92 Å². The van der Waals surface area contributed by atoms with Gasteiger partial charge in [-0.2, -0.15) is 0 Å². The van der Waals surface area contributed by atoms with Gasteiger partial charge in [0.15, 0.2) is 11.9 Å². The van der Waals surface area contributed by atoms with Crippen molar-refractivity contribution in [3.63, 3.8) is 0 Å². The molecule has 0 aliphatic carbocycles. The quantitative estimate of drug-likeness (QED) is 0.789. The molecule has 1 aromatic heterocycles. The Kier molecular flexibility index (Phi) is 3.76. The van der Waals surface area contributed by atoms with Crippen LogP contribution in [0.1, 0.15) is 36.9 Å². The fourth-order valence-electron chi connectivity index (χ4n) is 2.64. The molecule has 0 amide bonds. The van der Waals surface area contributed by atoms with Gasteiger partial charge in [-0.3, -0.25) is 0 Å². The van der Waals surface area contributed by atoms with Crippen molar-refractivity contribution >= 4 is 0 Å². The summed E-state index contributed by atoms with van der Waals surface area (Å²) in [5.41, 5.74) is 1.50. The average molecular weight is 252 g/mol. The fourth-order valence-corrected chi connectivity index (χ4v) is 2.64. The number of pyridine rings is 1. The van der Waals surface area contributed by atoms with Crippen molar-refractivity contribution < 1.29 is 19.5 Å². The van der Waals surface area contributed by atoms with E-state index >= 15 is 0 Å². The van der Waals surface area contributed by atoms with Crippen molar-refractivity contribution in [1.29, 1.82) is 0 Å². The van der Waals surface area contributed by atoms with Gasteiger partial charge in [0.05, 0.1) is 5.56 Å². The number of nitrogens with zero attached hydrogens (tertiary/aromatic N) is 1. The van der Waals surface area contributed by atoms with Crippen LogP contribution < -0.4 is 4.57 Å². The van der Waals surface area contributed by atoms with Crippen LogP contribution >= 0.6 is 0 Å². The summed E-state index contributed by atoms with van der Waals surface area (Å²) < 4.78 is 7.23. The molecule has 0 spiro atoms. The summed E-state index contributed by atoms with van der Waals surface area (Å²) in [6.45, 7) is 5.48. The van der Waals surface area contributed by atoms with Crippen molar-refractivity contribution in [2.75, 3.05) is 13.2 Å². The molecule has 1 unspecified atom stereocenters. The molecule has 0 bridgehead atoms. The third kappa shape index (κ3) is 2.29. The monoisotopic (exact) mass is 252 g/mol. The lowest BCUT2D eigenvalue weighted by molar-refractivity contribution is -0.678. The number of aromatic hydroxyl groups is 2. The Morgan fingerprint density at radius 1 is 1.28 bits per heavy atom. The number of ether oxygens (including phenoxy) is 1. The molecule has 1 aliphatic rings.